The van der Waals surface area contributed by atoms with Crippen LogP contribution in [0.15, 0.2) is 102 Å². The van der Waals surface area contributed by atoms with Gasteiger partial charge >= 0.3 is 0 Å². The summed E-state index contributed by atoms with van der Waals surface area (Å²) >= 11 is 0. The molecule has 0 bridgehead atoms. The summed E-state index contributed by atoms with van der Waals surface area (Å²) in [6.07, 6.45) is 6.74. The minimum atomic E-state index is -1.38. The van der Waals surface area contributed by atoms with Gasteiger partial charge in [-0.05, 0) is 53.1 Å². The van der Waals surface area contributed by atoms with Crippen molar-refractivity contribution in [2.24, 2.45) is 5.92 Å². The number of amides is 1. The molecular formula is C30H21N3O4. The number of nitrogens with one attached hydrogen (secondary N) is 1. The van der Waals surface area contributed by atoms with Crippen LogP contribution in [0.1, 0.15) is 43.8 Å². The van der Waals surface area contributed by atoms with E-state index in [9.17, 15) is 14.4 Å². The normalized spacial score (nSPS) is 24.9. The number of carbonyl (C=O) groups excluding carboxylic acids is 3. The first-order valence-corrected chi connectivity index (χ1v) is 12.1. The summed E-state index contributed by atoms with van der Waals surface area (Å²) < 4.78 is 5.55. The number of fused-ring (bicyclic) bond motifs is 6. The molecule has 3 aliphatic heterocycles. The Morgan fingerprint density at radius 3 is 2.54 bits per heavy atom. The zero-order valence-electron chi connectivity index (χ0n) is 19.6. The number of Topliss-reactive ketones (excluding diaryl/α,β-unsaturated/α-hetero) is 2. The predicted octanol–water partition coefficient (Wildman–Crippen LogP) is 4.66. The van der Waals surface area contributed by atoms with E-state index in [1.165, 1.54) is 6.26 Å². The van der Waals surface area contributed by atoms with Crippen molar-refractivity contribution in [3.05, 3.63) is 126 Å². The molecule has 5 heterocycles. The molecule has 2 aromatic carbocycles. The van der Waals surface area contributed by atoms with Crippen molar-refractivity contribution in [2.75, 3.05) is 5.32 Å². The van der Waals surface area contributed by atoms with Crippen molar-refractivity contribution < 1.29 is 18.8 Å². The number of hydrogen-bond donors (Lipinski definition) is 1. The lowest BCUT2D eigenvalue weighted by Crippen LogP contribution is -2.49. The number of furan rings is 1. The van der Waals surface area contributed by atoms with Gasteiger partial charge in [0.1, 0.15) is 17.2 Å². The highest BCUT2D eigenvalue weighted by atomic mass is 16.3. The number of aromatic nitrogens is 1. The third-order valence-corrected chi connectivity index (χ3v) is 7.80. The van der Waals surface area contributed by atoms with Gasteiger partial charge in [0.25, 0.3) is 0 Å². The van der Waals surface area contributed by atoms with Crippen LogP contribution in [0, 0.1) is 5.92 Å². The number of nitrogens with zero attached hydrogens (tertiary/aromatic N) is 2. The van der Waals surface area contributed by atoms with E-state index in [-0.39, 0.29) is 23.1 Å². The van der Waals surface area contributed by atoms with Gasteiger partial charge < -0.3 is 14.6 Å². The lowest BCUT2D eigenvalue weighted by atomic mass is 9.63. The Bertz CT molecular complexity index is 1590. The average molecular weight is 488 g/mol. The lowest BCUT2D eigenvalue weighted by Gasteiger charge is -2.38. The average Bonchev–Trinajstić information content (AvgIpc) is 3.65. The van der Waals surface area contributed by atoms with Gasteiger partial charge in [-0.15, -0.1) is 0 Å². The molecule has 0 aliphatic carbocycles. The summed E-state index contributed by atoms with van der Waals surface area (Å²) in [4.78, 5) is 49.0. The fourth-order valence-electron chi connectivity index (χ4n) is 6.40. The summed E-state index contributed by atoms with van der Waals surface area (Å²) in [6, 6.07) is 22.0. The Labute approximate surface area is 212 Å². The van der Waals surface area contributed by atoms with Gasteiger partial charge in [-0.25, -0.2) is 0 Å². The van der Waals surface area contributed by atoms with Gasteiger partial charge in [0, 0.05) is 18.1 Å². The van der Waals surface area contributed by atoms with Crippen LogP contribution in [0.5, 0.6) is 0 Å². The molecule has 3 aliphatic rings. The molecule has 4 aromatic rings. The molecule has 4 atom stereocenters. The number of ketones is 2. The number of pyridine rings is 1. The summed E-state index contributed by atoms with van der Waals surface area (Å²) in [5.41, 5.74) is 2.01. The van der Waals surface area contributed by atoms with E-state index in [1.807, 2.05) is 65.7 Å². The summed E-state index contributed by atoms with van der Waals surface area (Å²) in [5, 5.41) is 3.02. The molecular weight excluding hydrogens is 466 g/mol. The van der Waals surface area contributed by atoms with Crippen molar-refractivity contribution in [1.82, 2.24) is 9.88 Å². The van der Waals surface area contributed by atoms with Crippen molar-refractivity contribution >= 4 is 29.2 Å². The molecule has 7 heteroatoms. The molecule has 1 spiro atoms. The molecule has 1 fully saturated rings. The minimum absolute atomic E-state index is 0.109. The maximum atomic E-state index is 14.3. The molecule has 1 saturated heterocycles. The van der Waals surface area contributed by atoms with E-state index in [1.54, 1.807) is 36.5 Å². The van der Waals surface area contributed by atoms with Crippen molar-refractivity contribution in [1.29, 1.82) is 0 Å². The van der Waals surface area contributed by atoms with Crippen LogP contribution in [-0.4, -0.2) is 33.4 Å². The summed E-state index contributed by atoms with van der Waals surface area (Å²) in [7, 11) is 0. The Balaban J connectivity index is 1.55. The van der Waals surface area contributed by atoms with Crippen LogP contribution in [0.2, 0.25) is 0 Å². The van der Waals surface area contributed by atoms with Gasteiger partial charge in [0.2, 0.25) is 17.5 Å². The second-order valence-electron chi connectivity index (χ2n) is 9.51. The Kier molecular flexibility index (Phi) is 4.57. The quantitative estimate of drug-likeness (QED) is 0.421. The topological polar surface area (TPSA) is 92.5 Å². The molecule has 7 nitrogen and oxygen atoms in total. The van der Waals surface area contributed by atoms with E-state index in [4.69, 9.17) is 4.42 Å². The highest BCUT2D eigenvalue weighted by Crippen LogP contribution is 2.62. The molecule has 180 valence electrons. The monoisotopic (exact) mass is 487 g/mol. The molecule has 37 heavy (non-hydrogen) atoms. The number of hydrogen-bond acceptors (Lipinski definition) is 6. The Hall–Kier alpha value is -4.78. The van der Waals surface area contributed by atoms with E-state index in [0.717, 1.165) is 11.1 Å². The lowest BCUT2D eigenvalue weighted by molar-refractivity contribution is -0.122. The van der Waals surface area contributed by atoms with Crippen molar-refractivity contribution in [3.8, 4) is 0 Å². The highest BCUT2D eigenvalue weighted by molar-refractivity contribution is 6.16. The summed E-state index contributed by atoms with van der Waals surface area (Å²) in [5.74, 6) is -2.00. The standard InChI is InChI=1S/C30H21N3O4/c34-26(22-12-5-6-15-31-22)25-24(27(35)23-13-7-17-37-23)30(20-10-3-4-11-21(20)32-29(30)36)28-19-9-2-1-8-18(19)14-16-33(25)28/h1-17,24-25,28H,(H,32,36)/t24-,25+,28+,30-/m1/s1. The van der Waals surface area contributed by atoms with E-state index in [2.05, 4.69) is 10.3 Å². The number of carbonyl (C=O) groups is 3. The van der Waals surface area contributed by atoms with Crippen LogP contribution < -0.4 is 5.32 Å². The second kappa shape index (κ2) is 7.86. The second-order valence-corrected chi connectivity index (χ2v) is 9.51. The first kappa shape index (κ1) is 21.5. The van der Waals surface area contributed by atoms with E-state index >= 15 is 0 Å². The zero-order valence-corrected chi connectivity index (χ0v) is 19.6. The largest absolute Gasteiger partial charge is 0.461 e. The number of benzene rings is 2. The van der Waals surface area contributed by atoms with Crippen LogP contribution in [0.4, 0.5) is 5.69 Å². The van der Waals surface area contributed by atoms with Crippen LogP contribution in [-0.2, 0) is 10.2 Å². The third-order valence-electron chi connectivity index (χ3n) is 7.80. The molecule has 7 rings (SSSR count). The SMILES string of the molecule is O=C(c1ccccn1)[C@@H]1[C@H](C(=O)c2ccco2)[C@@]2(C(=O)Nc3ccccc32)[C@@H]2c3ccccc3C=CN12. The van der Waals surface area contributed by atoms with Crippen LogP contribution in [0.3, 0.4) is 0 Å². The maximum absolute atomic E-state index is 14.3. The molecule has 2 aromatic heterocycles. The fourth-order valence-corrected chi connectivity index (χ4v) is 6.40. The maximum Gasteiger partial charge on any atom is 0.238 e. The van der Waals surface area contributed by atoms with Crippen LogP contribution >= 0.6 is 0 Å². The minimum Gasteiger partial charge on any atom is -0.461 e. The van der Waals surface area contributed by atoms with E-state index in [0.29, 0.717) is 11.3 Å². The molecule has 0 saturated carbocycles. The Morgan fingerprint density at radius 2 is 1.73 bits per heavy atom. The third kappa shape index (κ3) is 2.82. The van der Waals surface area contributed by atoms with Crippen LogP contribution in [0.25, 0.3) is 6.08 Å². The molecule has 0 radical (unpaired) electrons. The first-order chi connectivity index (χ1) is 18.1. The number of para-hydroxylation sites is 1. The number of rotatable bonds is 4. The van der Waals surface area contributed by atoms with Gasteiger partial charge in [-0.1, -0.05) is 48.5 Å². The van der Waals surface area contributed by atoms with E-state index < -0.39 is 29.2 Å². The van der Waals surface area contributed by atoms with Crippen molar-refractivity contribution in [2.45, 2.75) is 17.5 Å². The fraction of sp³-hybridized carbons (Fsp3) is 0.133. The van der Waals surface area contributed by atoms with Gasteiger partial charge in [0.15, 0.2) is 5.76 Å². The number of anilines is 1. The molecule has 1 N–H and O–H groups in total. The van der Waals surface area contributed by atoms with Crippen molar-refractivity contribution in [3.63, 3.8) is 0 Å². The highest BCUT2D eigenvalue weighted by Gasteiger charge is 2.71. The molecule has 1 amide bonds. The first-order valence-electron chi connectivity index (χ1n) is 12.1. The van der Waals surface area contributed by atoms with Gasteiger partial charge in [-0.2, -0.15) is 0 Å². The predicted molar refractivity (Wildman–Crippen MR) is 136 cm³/mol. The molecule has 0 unspecified atom stereocenters. The Morgan fingerprint density at radius 1 is 0.919 bits per heavy atom. The van der Waals surface area contributed by atoms with Gasteiger partial charge in [0.05, 0.1) is 18.2 Å². The van der Waals surface area contributed by atoms with Gasteiger partial charge in [-0.3, -0.25) is 19.4 Å². The zero-order chi connectivity index (χ0) is 25.1. The summed E-state index contributed by atoms with van der Waals surface area (Å²) in [6.45, 7) is 0. The smallest absolute Gasteiger partial charge is 0.238 e.